The fourth-order valence-corrected chi connectivity index (χ4v) is 3.25. The van der Waals surface area contributed by atoms with Crippen molar-refractivity contribution in [1.82, 2.24) is 9.97 Å². The summed E-state index contributed by atoms with van der Waals surface area (Å²) in [4.78, 5) is 20.9. The number of aromatic nitrogens is 2. The molecule has 0 saturated heterocycles. The Bertz CT molecular complexity index is 701. The zero-order chi connectivity index (χ0) is 15.0. The van der Waals surface area contributed by atoms with Crippen LogP contribution in [-0.2, 0) is 0 Å². The summed E-state index contributed by atoms with van der Waals surface area (Å²) < 4.78 is 0. The van der Waals surface area contributed by atoms with Gasteiger partial charge >= 0.3 is 0 Å². The molecule has 1 aromatic heterocycles. The summed E-state index contributed by atoms with van der Waals surface area (Å²) in [6.07, 6.45) is 6.35. The minimum Gasteiger partial charge on any atom is -0.397 e. The lowest BCUT2D eigenvalue weighted by atomic mass is 9.86. The average molecular weight is 286 g/mol. The SMILES string of the molecule is CC1CCC(N(C)c2cc3nc[nH]c(=O)c3cc2N)CC1. The summed E-state index contributed by atoms with van der Waals surface area (Å²) in [6, 6.07) is 4.18. The standard InChI is InChI=1S/C16H22N4O/c1-10-3-5-11(6-4-10)20(2)15-8-14-12(7-13(15)17)16(21)19-9-18-14/h7-11H,3-6,17H2,1-2H3,(H,18,19,21). The van der Waals surface area contributed by atoms with E-state index in [-0.39, 0.29) is 5.56 Å². The maximum absolute atomic E-state index is 11.8. The highest BCUT2D eigenvalue weighted by Crippen LogP contribution is 2.33. The van der Waals surface area contributed by atoms with Gasteiger partial charge in [-0.15, -0.1) is 0 Å². The van der Waals surface area contributed by atoms with E-state index in [0.29, 0.717) is 22.6 Å². The molecule has 0 bridgehead atoms. The van der Waals surface area contributed by atoms with Crippen molar-refractivity contribution < 1.29 is 0 Å². The topological polar surface area (TPSA) is 75.0 Å². The highest BCUT2D eigenvalue weighted by Gasteiger charge is 2.23. The minimum atomic E-state index is -0.146. The van der Waals surface area contributed by atoms with E-state index in [1.807, 2.05) is 6.07 Å². The van der Waals surface area contributed by atoms with Crippen LogP contribution >= 0.6 is 0 Å². The van der Waals surface area contributed by atoms with Crippen LogP contribution < -0.4 is 16.2 Å². The zero-order valence-electron chi connectivity index (χ0n) is 12.6. The highest BCUT2D eigenvalue weighted by atomic mass is 16.1. The maximum Gasteiger partial charge on any atom is 0.258 e. The molecule has 0 spiro atoms. The van der Waals surface area contributed by atoms with Crippen LogP contribution in [0.4, 0.5) is 11.4 Å². The number of fused-ring (bicyclic) bond motifs is 1. The molecule has 3 rings (SSSR count). The molecule has 0 amide bonds. The average Bonchev–Trinajstić information content (AvgIpc) is 2.48. The molecule has 0 aliphatic heterocycles. The number of benzene rings is 1. The molecule has 5 heteroatoms. The van der Waals surface area contributed by atoms with Gasteiger partial charge in [0.2, 0.25) is 0 Å². The maximum atomic E-state index is 11.8. The molecule has 1 heterocycles. The molecule has 1 aromatic carbocycles. The molecule has 0 radical (unpaired) electrons. The van der Waals surface area contributed by atoms with E-state index in [0.717, 1.165) is 11.6 Å². The first-order chi connectivity index (χ1) is 10.1. The summed E-state index contributed by atoms with van der Waals surface area (Å²) in [5.41, 5.74) is 8.33. The van der Waals surface area contributed by atoms with Crippen LogP contribution in [0.15, 0.2) is 23.3 Å². The lowest BCUT2D eigenvalue weighted by Gasteiger charge is -2.35. The molecule has 0 atom stereocenters. The van der Waals surface area contributed by atoms with Crippen molar-refractivity contribution in [2.45, 2.75) is 38.6 Å². The second-order valence-corrected chi connectivity index (χ2v) is 6.18. The smallest absolute Gasteiger partial charge is 0.258 e. The van der Waals surface area contributed by atoms with Crippen molar-refractivity contribution >= 4 is 22.3 Å². The molecule has 112 valence electrons. The molecule has 1 fully saturated rings. The van der Waals surface area contributed by atoms with Crippen LogP contribution in [-0.4, -0.2) is 23.1 Å². The van der Waals surface area contributed by atoms with Gasteiger partial charge in [0, 0.05) is 13.1 Å². The van der Waals surface area contributed by atoms with Crippen molar-refractivity contribution in [1.29, 1.82) is 0 Å². The Morgan fingerprint density at radius 3 is 2.71 bits per heavy atom. The van der Waals surface area contributed by atoms with Crippen LogP contribution in [0.25, 0.3) is 10.9 Å². The number of nitrogens with zero attached hydrogens (tertiary/aromatic N) is 2. The number of hydrogen-bond donors (Lipinski definition) is 2. The number of H-pyrrole nitrogens is 1. The van der Waals surface area contributed by atoms with Gasteiger partial charge in [-0.2, -0.15) is 0 Å². The Morgan fingerprint density at radius 1 is 1.29 bits per heavy atom. The molecule has 1 aliphatic rings. The number of anilines is 2. The monoisotopic (exact) mass is 286 g/mol. The molecule has 0 unspecified atom stereocenters. The fourth-order valence-electron chi connectivity index (χ4n) is 3.25. The van der Waals surface area contributed by atoms with Gasteiger partial charge < -0.3 is 15.6 Å². The van der Waals surface area contributed by atoms with E-state index >= 15 is 0 Å². The second kappa shape index (κ2) is 5.39. The van der Waals surface area contributed by atoms with Crippen molar-refractivity contribution in [3.63, 3.8) is 0 Å². The molecule has 5 nitrogen and oxygen atoms in total. The molecular weight excluding hydrogens is 264 g/mol. The van der Waals surface area contributed by atoms with Crippen LogP contribution in [0.5, 0.6) is 0 Å². The zero-order valence-corrected chi connectivity index (χ0v) is 12.6. The first-order valence-electron chi connectivity index (χ1n) is 7.56. The summed E-state index contributed by atoms with van der Waals surface area (Å²) in [7, 11) is 2.09. The molecular formula is C16H22N4O. The summed E-state index contributed by atoms with van der Waals surface area (Å²) >= 11 is 0. The Balaban J connectivity index is 1.96. The van der Waals surface area contributed by atoms with Gasteiger partial charge in [-0.1, -0.05) is 6.92 Å². The van der Waals surface area contributed by atoms with Crippen LogP contribution in [0, 0.1) is 5.92 Å². The Labute approximate surface area is 124 Å². The number of nitrogens with two attached hydrogens (primary N) is 1. The molecule has 1 saturated carbocycles. The van der Waals surface area contributed by atoms with Crippen molar-refractivity contribution in [2.75, 3.05) is 17.7 Å². The van der Waals surface area contributed by atoms with Crippen LogP contribution in [0.2, 0.25) is 0 Å². The fraction of sp³-hybridized carbons (Fsp3) is 0.500. The predicted octanol–water partition coefficient (Wildman–Crippen LogP) is 2.52. The van der Waals surface area contributed by atoms with Gasteiger partial charge in [-0.3, -0.25) is 4.79 Å². The summed E-state index contributed by atoms with van der Waals surface area (Å²) in [5, 5.41) is 0.546. The van der Waals surface area contributed by atoms with E-state index in [2.05, 4.69) is 28.8 Å². The predicted molar refractivity (Wildman–Crippen MR) is 86.6 cm³/mol. The lowest BCUT2D eigenvalue weighted by molar-refractivity contribution is 0.341. The molecule has 1 aliphatic carbocycles. The third kappa shape index (κ3) is 2.60. The number of nitrogen functional groups attached to an aromatic ring is 1. The van der Waals surface area contributed by atoms with Gasteiger partial charge in [0.1, 0.15) is 0 Å². The molecule has 21 heavy (non-hydrogen) atoms. The highest BCUT2D eigenvalue weighted by molar-refractivity contribution is 5.88. The second-order valence-electron chi connectivity index (χ2n) is 6.18. The van der Waals surface area contributed by atoms with Gasteiger partial charge in [0.15, 0.2) is 0 Å². The number of rotatable bonds is 2. The number of aromatic amines is 1. The number of nitrogens with one attached hydrogen (secondary N) is 1. The third-order valence-electron chi connectivity index (χ3n) is 4.70. The van der Waals surface area contributed by atoms with E-state index in [1.165, 1.54) is 32.0 Å². The largest absolute Gasteiger partial charge is 0.397 e. The molecule has 2 aromatic rings. The first-order valence-corrected chi connectivity index (χ1v) is 7.56. The molecule has 3 N–H and O–H groups in total. The third-order valence-corrected chi connectivity index (χ3v) is 4.70. The van der Waals surface area contributed by atoms with Gasteiger partial charge in [-0.05, 0) is 43.7 Å². The van der Waals surface area contributed by atoms with Crippen molar-refractivity contribution in [3.8, 4) is 0 Å². The van der Waals surface area contributed by atoms with Gasteiger partial charge in [-0.25, -0.2) is 4.98 Å². The number of hydrogen-bond acceptors (Lipinski definition) is 4. The van der Waals surface area contributed by atoms with E-state index in [4.69, 9.17) is 5.73 Å². The Hall–Kier alpha value is -2.04. The van der Waals surface area contributed by atoms with E-state index in [1.54, 1.807) is 6.07 Å². The van der Waals surface area contributed by atoms with Crippen molar-refractivity contribution in [3.05, 3.63) is 28.8 Å². The van der Waals surface area contributed by atoms with Gasteiger partial charge in [0.25, 0.3) is 5.56 Å². The lowest BCUT2D eigenvalue weighted by Crippen LogP contribution is -2.35. The van der Waals surface area contributed by atoms with Gasteiger partial charge in [0.05, 0.1) is 28.6 Å². The van der Waals surface area contributed by atoms with E-state index < -0.39 is 0 Å². The van der Waals surface area contributed by atoms with Crippen LogP contribution in [0.1, 0.15) is 32.6 Å². The van der Waals surface area contributed by atoms with Crippen LogP contribution in [0.3, 0.4) is 0 Å². The Morgan fingerprint density at radius 2 is 2.00 bits per heavy atom. The summed E-state index contributed by atoms with van der Waals surface area (Å²) in [6.45, 7) is 2.32. The first kappa shape index (κ1) is 13.9. The van der Waals surface area contributed by atoms with Crippen molar-refractivity contribution in [2.24, 2.45) is 5.92 Å². The minimum absolute atomic E-state index is 0.146. The Kier molecular flexibility index (Phi) is 3.57. The van der Waals surface area contributed by atoms with E-state index in [9.17, 15) is 4.79 Å². The quantitative estimate of drug-likeness (QED) is 0.832. The summed E-state index contributed by atoms with van der Waals surface area (Å²) in [5.74, 6) is 0.823. The normalized spacial score (nSPS) is 22.4.